The Kier molecular flexibility index (Phi) is 20.8. The van der Waals surface area contributed by atoms with Crippen LogP contribution in [0.15, 0.2) is 388 Å². The summed E-state index contributed by atoms with van der Waals surface area (Å²) in [6.07, 6.45) is 0. The number of benzene rings is 14. The molecule has 0 nitrogen and oxygen atoms in total. The van der Waals surface area contributed by atoms with Crippen LogP contribution in [-0.4, -0.2) is 0 Å². The maximum absolute atomic E-state index is 2.85. The fraction of sp³-hybridized carbons (Fsp3) is 0. The van der Waals surface area contributed by atoms with E-state index in [1.165, 1.54) is 107 Å². The Balaban J connectivity index is 0.00000217. The van der Waals surface area contributed by atoms with Crippen LogP contribution in [0.25, 0.3) is 22.3 Å². The zero-order chi connectivity index (χ0) is 58.8. The fourth-order valence-electron chi connectivity index (χ4n) is 14.5. The quantitative estimate of drug-likeness (QED) is 0.130. The third kappa shape index (κ3) is 10.7. The van der Waals surface area contributed by atoms with Crippen molar-refractivity contribution >= 4 is 114 Å². The fourth-order valence-corrected chi connectivity index (χ4v) is 32.3. The minimum atomic E-state index is -2.85. The molecule has 0 radical (unpaired) electrons. The number of hydrogen-bond donors (Lipinski definition) is 0. The zero-order valence-electron chi connectivity index (χ0n) is 50.3. The number of rotatable bonds is 16. The van der Waals surface area contributed by atoms with Gasteiger partial charge in [0.05, 0.1) is 0 Å². The van der Waals surface area contributed by atoms with Gasteiger partial charge in [-0.3, -0.25) is 0 Å². The van der Waals surface area contributed by atoms with E-state index in [4.69, 9.17) is 0 Å². The van der Waals surface area contributed by atoms with Crippen LogP contribution in [0.2, 0.25) is 0 Å². The molecule has 0 unspecified atom stereocenters. The molecule has 0 spiro atoms. The molecule has 8 heteroatoms. The first kappa shape index (κ1) is 66.2. The molecule has 0 atom stereocenters. The van der Waals surface area contributed by atoms with Crippen molar-refractivity contribution in [3.8, 4) is 22.3 Å². The van der Waals surface area contributed by atoms with Crippen LogP contribution >= 0.6 is 29.0 Å². The van der Waals surface area contributed by atoms with Gasteiger partial charge in [0.2, 0.25) is 0 Å². The molecule has 0 saturated heterocycles. The summed E-state index contributed by atoms with van der Waals surface area (Å²) in [6.45, 7) is 0. The lowest BCUT2D eigenvalue weighted by molar-refractivity contribution is -0.00100. The molecule has 0 fully saturated rings. The minimum absolute atomic E-state index is 0. The molecule has 448 valence electrons. The van der Waals surface area contributed by atoms with E-state index in [-0.39, 0.29) is 67.9 Å². The largest absolute Gasteiger partial charge is 1.00 e. The normalized spacial score (nSPS) is 11.6. The summed E-state index contributed by atoms with van der Waals surface area (Å²) in [5, 5.41) is 21.3. The monoisotopic (exact) mass is 1510 g/mol. The van der Waals surface area contributed by atoms with Crippen molar-refractivity contribution in [1.29, 1.82) is 0 Å². The van der Waals surface area contributed by atoms with Crippen LogP contribution in [0.3, 0.4) is 0 Å². The SMILES string of the molecule is [Br-].[Br-].[Br-].[Br-].c1ccc([P+](c2ccccc2)(c2ccccc2)c2ccc([P+](c3ccccc3)(c3ccccc3)c3ccccc3)c3c2-c2c([P+](c4ccccc4)(c4ccccc4)c4ccccc4)ccc([P+](c4ccccc4)(c4ccccc4)c4ccccc4)c2-3)cc1. The third-order valence-corrected chi connectivity index (χ3v) is 35.2. The van der Waals surface area contributed by atoms with E-state index in [1.807, 2.05) is 0 Å². The predicted octanol–water partition coefficient (Wildman–Crippen LogP) is 1.83. The van der Waals surface area contributed by atoms with Gasteiger partial charge in [-0.2, -0.15) is 0 Å². The number of fused-ring (bicyclic) bond motifs is 4. The highest BCUT2D eigenvalue weighted by atomic mass is 79.9. The van der Waals surface area contributed by atoms with E-state index in [0.29, 0.717) is 0 Å². The van der Waals surface area contributed by atoms with E-state index in [2.05, 4.69) is 388 Å². The second kappa shape index (κ2) is 28.9. The van der Waals surface area contributed by atoms with E-state index >= 15 is 0 Å². The topological polar surface area (TPSA) is 0 Å². The van der Waals surface area contributed by atoms with Crippen molar-refractivity contribution in [1.82, 2.24) is 0 Å². The molecule has 0 saturated carbocycles. The van der Waals surface area contributed by atoms with Gasteiger partial charge in [0.25, 0.3) is 0 Å². The molecule has 0 heterocycles. The Morgan fingerprint density at radius 1 is 0.109 bits per heavy atom. The van der Waals surface area contributed by atoms with Gasteiger partial charge >= 0.3 is 0 Å². The molecule has 0 amide bonds. The summed E-state index contributed by atoms with van der Waals surface area (Å²) >= 11 is 0. The lowest BCUT2D eigenvalue weighted by atomic mass is 9.80. The van der Waals surface area contributed by atoms with Crippen LogP contribution in [0.5, 0.6) is 0 Å². The van der Waals surface area contributed by atoms with Gasteiger partial charge in [-0.25, -0.2) is 0 Å². The molecule has 0 aliphatic heterocycles. The average molecular weight is 1520 g/mol. The highest BCUT2D eigenvalue weighted by molar-refractivity contribution is 8.04. The van der Waals surface area contributed by atoms with Gasteiger partial charge in [-0.05, 0) is 170 Å². The molecule has 14 aromatic rings. The number of hydrogen-bond acceptors (Lipinski definition) is 0. The second-order valence-electron chi connectivity index (χ2n) is 22.4. The first-order valence-electron chi connectivity index (χ1n) is 30.3. The van der Waals surface area contributed by atoms with E-state index < -0.39 is 29.0 Å². The van der Waals surface area contributed by atoms with Crippen molar-refractivity contribution in [2.75, 3.05) is 0 Å². The Bertz CT molecular complexity index is 3670. The van der Waals surface area contributed by atoms with Crippen LogP contribution < -0.4 is 153 Å². The molecule has 0 N–H and O–H groups in total. The maximum Gasteiger partial charge on any atom is 0.144 e. The van der Waals surface area contributed by atoms with Gasteiger partial charge in [-0.15, -0.1) is 0 Å². The molecule has 0 bridgehead atoms. The lowest BCUT2D eigenvalue weighted by Crippen LogP contribution is -3.00. The highest BCUT2D eigenvalue weighted by Crippen LogP contribution is 2.69. The Morgan fingerprint density at radius 2 is 0.196 bits per heavy atom. The summed E-state index contributed by atoms with van der Waals surface area (Å²) < 4.78 is 0. The zero-order valence-corrected chi connectivity index (χ0v) is 60.2. The molecule has 1 aliphatic carbocycles. The summed E-state index contributed by atoms with van der Waals surface area (Å²) in [4.78, 5) is 0. The molecular formula is C84H64Br4P4. The van der Waals surface area contributed by atoms with Crippen molar-refractivity contribution in [2.45, 2.75) is 0 Å². The van der Waals surface area contributed by atoms with E-state index in [0.717, 1.165) is 0 Å². The van der Waals surface area contributed by atoms with E-state index in [9.17, 15) is 0 Å². The molecule has 15 rings (SSSR count). The van der Waals surface area contributed by atoms with Gasteiger partial charge in [-0.1, -0.05) is 218 Å². The van der Waals surface area contributed by atoms with Crippen LogP contribution in [0.1, 0.15) is 0 Å². The average Bonchev–Trinajstić information content (AvgIpc) is 0.660. The van der Waals surface area contributed by atoms with Gasteiger partial charge in [0.1, 0.15) is 114 Å². The molecule has 0 aromatic heterocycles. The molecule has 92 heavy (non-hydrogen) atoms. The van der Waals surface area contributed by atoms with Crippen molar-refractivity contribution < 1.29 is 67.9 Å². The van der Waals surface area contributed by atoms with Crippen molar-refractivity contribution in [3.05, 3.63) is 388 Å². The second-order valence-corrected chi connectivity index (χ2v) is 35.9. The standard InChI is InChI=1S/C84H64P4.4BrH/c1-13-37-65(38-14-1)85(66-39-15-2-16-40-66,67-41-17-3-18-42-67)77-61-62-78(86(68-43-19-4-20-44-68,69-45-21-5-22-46-69)70-47-23-6-24-48-70)82-81(77)83-79(87(71-49-25-7-26-50-71,72-51-27-8-28-52-72)73-53-29-9-30-54-73)63-64-80(84(82)83)88(74-55-31-10-32-56-74,75-57-33-11-34-58-75)76-59-35-12-36-60-76;;;;/h1-64H;4*1H/q+4;;;;/p-4. The minimum Gasteiger partial charge on any atom is -1.00 e. The summed E-state index contributed by atoms with van der Waals surface area (Å²) in [7, 11) is -11.4. The Hall–Kier alpha value is -7.28. The predicted molar refractivity (Wildman–Crippen MR) is 390 cm³/mol. The summed E-state index contributed by atoms with van der Waals surface area (Å²) in [6, 6.07) is 149. The lowest BCUT2D eigenvalue weighted by Gasteiger charge is -2.41. The van der Waals surface area contributed by atoms with Crippen molar-refractivity contribution in [2.24, 2.45) is 0 Å². The first-order chi connectivity index (χ1) is 43.7. The molecular weight excluding hydrogens is 1450 g/mol. The molecule has 1 aliphatic rings. The summed E-state index contributed by atoms with van der Waals surface area (Å²) in [5.74, 6) is 0. The van der Waals surface area contributed by atoms with Gasteiger partial charge < -0.3 is 67.9 Å². The Morgan fingerprint density at radius 3 is 0.283 bits per heavy atom. The smallest absolute Gasteiger partial charge is 0.144 e. The third-order valence-electron chi connectivity index (χ3n) is 18.0. The Labute approximate surface area is 587 Å². The van der Waals surface area contributed by atoms with Gasteiger partial charge in [0.15, 0.2) is 0 Å². The van der Waals surface area contributed by atoms with Crippen LogP contribution in [0.4, 0.5) is 0 Å². The maximum atomic E-state index is 2.64. The van der Waals surface area contributed by atoms with Crippen molar-refractivity contribution in [3.63, 3.8) is 0 Å². The van der Waals surface area contributed by atoms with E-state index in [1.54, 1.807) is 0 Å². The molecule has 14 aromatic carbocycles. The summed E-state index contributed by atoms with van der Waals surface area (Å²) in [5.41, 5.74) is 5.39. The van der Waals surface area contributed by atoms with Gasteiger partial charge in [0, 0.05) is 22.3 Å². The first-order valence-corrected chi connectivity index (χ1v) is 37.5. The van der Waals surface area contributed by atoms with Crippen LogP contribution in [-0.2, 0) is 0 Å². The highest BCUT2D eigenvalue weighted by Gasteiger charge is 2.63. The number of halogens is 4. The van der Waals surface area contributed by atoms with Crippen LogP contribution in [0, 0.1) is 0 Å².